The summed E-state index contributed by atoms with van der Waals surface area (Å²) in [4.78, 5) is 31.8. The van der Waals surface area contributed by atoms with Gasteiger partial charge in [0.1, 0.15) is 0 Å². The molecular formula is C18H17N4O6+. The minimum atomic E-state index is -0.452. The molecule has 2 aromatic carbocycles. The summed E-state index contributed by atoms with van der Waals surface area (Å²) in [5.41, 5.74) is 1.63. The Morgan fingerprint density at radius 1 is 0.893 bits per heavy atom. The summed E-state index contributed by atoms with van der Waals surface area (Å²) in [7, 11) is 0. The summed E-state index contributed by atoms with van der Waals surface area (Å²) >= 11 is 0. The average molecular weight is 385 g/mol. The van der Waals surface area contributed by atoms with Crippen molar-refractivity contribution in [3.05, 3.63) is 98.1 Å². The van der Waals surface area contributed by atoms with E-state index >= 15 is 0 Å². The van der Waals surface area contributed by atoms with Crippen molar-refractivity contribution in [1.29, 1.82) is 0 Å². The van der Waals surface area contributed by atoms with E-state index in [0.29, 0.717) is 5.82 Å². The van der Waals surface area contributed by atoms with Crippen molar-refractivity contribution in [1.82, 2.24) is 4.73 Å². The van der Waals surface area contributed by atoms with Crippen LogP contribution in [0.3, 0.4) is 0 Å². The maximum absolute atomic E-state index is 10.7. The first-order valence-electron chi connectivity index (χ1n) is 8.27. The number of aromatic nitrogens is 2. The molecule has 3 aromatic rings. The molecule has 0 spiro atoms. The summed E-state index contributed by atoms with van der Waals surface area (Å²) < 4.78 is 3.05. The van der Waals surface area contributed by atoms with Gasteiger partial charge in [0.25, 0.3) is 11.4 Å². The van der Waals surface area contributed by atoms with E-state index in [1.165, 1.54) is 33.7 Å². The molecule has 1 heterocycles. The third-order valence-corrected chi connectivity index (χ3v) is 4.01. The lowest BCUT2D eigenvalue weighted by Crippen LogP contribution is -2.44. The quantitative estimate of drug-likeness (QED) is 0.333. The molecule has 0 bridgehead atoms. The van der Waals surface area contributed by atoms with E-state index in [1.807, 2.05) is 0 Å². The van der Waals surface area contributed by atoms with Gasteiger partial charge in [0, 0.05) is 31.2 Å². The molecule has 0 unspecified atom stereocenters. The van der Waals surface area contributed by atoms with E-state index in [4.69, 9.17) is 9.68 Å². The topological polar surface area (TPSA) is 114 Å². The van der Waals surface area contributed by atoms with E-state index < -0.39 is 9.85 Å². The van der Waals surface area contributed by atoms with Crippen molar-refractivity contribution in [2.45, 2.75) is 20.1 Å². The Morgan fingerprint density at radius 2 is 1.39 bits per heavy atom. The maximum atomic E-state index is 10.7. The minimum absolute atomic E-state index is 0.0263. The Bertz CT molecular complexity index is 903. The Morgan fingerprint density at radius 3 is 1.89 bits per heavy atom. The van der Waals surface area contributed by atoms with Crippen LogP contribution in [-0.2, 0) is 13.2 Å². The van der Waals surface area contributed by atoms with Crippen molar-refractivity contribution < 1.29 is 24.3 Å². The summed E-state index contributed by atoms with van der Waals surface area (Å²) in [6.45, 7) is 2.26. The molecular weight excluding hydrogens is 368 g/mol. The number of nitro benzene ring substituents is 2. The molecule has 0 saturated heterocycles. The van der Waals surface area contributed by atoms with Gasteiger partial charge < -0.3 is 9.68 Å². The summed E-state index contributed by atoms with van der Waals surface area (Å²) in [6.07, 6.45) is 3.35. The molecule has 28 heavy (non-hydrogen) atoms. The Balaban J connectivity index is 1.57. The number of nitrogens with zero attached hydrogens (tertiary/aromatic N) is 4. The zero-order chi connectivity index (χ0) is 20.1. The number of benzene rings is 2. The third kappa shape index (κ3) is 4.41. The maximum Gasteiger partial charge on any atom is 0.332 e. The first kappa shape index (κ1) is 18.8. The highest BCUT2D eigenvalue weighted by atomic mass is 16.7. The van der Waals surface area contributed by atoms with Crippen LogP contribution < -0.4 is 14.4 Å². The van der Waals surface area contributed by atoms with Crippen LogP contribution in [0.4, 0.5) is 11.4 Å². The van der Waals surface area contributed by atoms with Crippen molar-refractivity contribution in [3.63, 3.8) is 0 Å². The van der Waals surface area contributed by atoms with Crippen LogP contribution in [0.2, 0.25) is 0 Å². The number of imidazole rings is 1. The third-order valence-electron chi connectivity index (χ3n) is 4.01. The van der Waals surface area contributed by atoms with Gasteiger partial charge in [-0.2, -0.15) is 0 Å². The Kier molecular flexibility index (Phi) is 5.49. The van der Waals surface area contributed by atoms with Gasteiger partial charge in [-0.05, 0) is 44.9 Å². The first-order valence-corrected chi connectivity index (χ1v) is 8.27. The number of nitro groups is 2. The van der Waals surface area contributed by atoms with Crippen LogP contribution in [0.15, 0.2) is 60.9 Å². The highest BCUT2D eigenvalue weighted by Gasteiger charge is 2.16. The fraction of sp³-hybridized carbons (Fsp3) is 0.167. The molecule has 0 saturated carbocycles. The second-order valence-electron chi connectivity index (χ2n) is 5.89. The zero-order valence-corrected chi connectivity index (χ0v) is 14.9. The van der Waals surface area contributed by atoms with Gasteiger partial charge >= 0.3 is 5.82 Å². The smallest absolute Gasteiger partial charge is 0.331 e. The highest BCUT2D eigenvalue weighted by Crippen LogP contribution is 2.13. The molecule has 0 aliphatic carbocycles. The molecule has 0 radical (unpaired) electrons. The number of hydrogen-bond donors (Lipinski definition) is 0. The van der Waals surface area contributed by atoms with Gasteiger partial charge in [0.05, 0.1) is 9.85 Å². The van der Waals surface area contributed by atoms with Crippen LogP contribution >= 0.6 is 0 Å². The monoisotopic (exact) mass is 385 g/mol. The van der Waals surface area contributed by atoms with E-state index in [1.54, 1.807) is 43.6 Å². The molecule has 0 aliphatic rings. The number of hydrogen-bond acceptors (Lipinski definition) is 6. The molecule has 10 heteroatoms. The summed E-state index contributed by atoms with van der Waals surface area (Å²) in [5.74, 6) is 0.670. The highest BCUT2D eigenvalue weighted by molar-refractivity contribution is 5.33. The fourth-order valence-electron chi connectivity index (χ4n) is 2.42. The molecule has 0 aliphatic heterocycles. The number of non-ortho nitro benzene ring substituents is 2. The predicted molar refractivity (Wildman–Crippen MR) is 96.1 cm³/mol. The first-order chi connectivity index (χ1) is 13.4. The van der Waals surface area contributed by atoms with Gasteiger partial charge in [-0.1, -0.05) is 0 Å². The zero-order valence-electron chi connectivity index (χ0n) is 14.9. The molecule has 10 nitrogen and oxygen atoms in total. The van der Waals surface area contributed by atoms with E-state index in [-0.39, 0.29) is 24.6 Å². The van der Waals surface area contributed by atoms with Gasteiger partial charge in [-0.3, -0.25) is 20.2 Å². The predicted octanol–water partition coefficient (Wildman–Crippen LogP) is 2.16. The molecule has 144 valence electrons. The van der Waals surface area contributed by atoms with Gasteiger partial charge in [-0.15, -0.1) is 0 Å². The van der Waals surface area contributed by atoms with Crippen LogP contribution in [-0.4, -0.2) is 14.6 Å². The van der Waals surface area contributed by atoms with E-state index in [9.17, 15) is 20.2 Å². The summed E-state index contributed by atoms with van der Waals surface area (Å²) in [6, 6.07) is 12.2. The molecule has 0 amide bonds. The van der Waals surface area contributed by atoms with Crippen molar-refractivity contribution in [2.75, 3.05) is 0 Å². The van der Waals surface area contributed by atoms with Crippen molar-refractivity contribution in [2.24, 2.45) is 0 Å². The lowest BCUT2D eigenvalue weighted by Gasteiger charge is -2.04. The van der Waals surface area contributed by atoms with Crippen molar-refractivity contribution >= 4 is 11.4 Å². The SMILES string of the molecule is Cc1n(OCc2ccc([N+](=O)[O-])cc2)cc[n+]1OCc1ccc([N+](=O)[O-])cc1. The van der Waals surface area contributed by atoms with Crippen LogP contribution in [0, 0.1) is 27.2 Å². The molecule has 0 fully saturated rings. The fourth-order valence-corrected chi connectivity index (χ4v) is 2.42. The van der Waals surface area contributed by atoms with Crippen molar-refractivity contribution in [3.8, 4) is 0 Å². The second-order valence-corrected chi connectivity index (χ2v) is 5.89. The van der Waals surface area contributed by atoms with E-state index in [2.05, 4.69) is 0 Å². The van der Waals surface area contributed by atoms with Gasteiger partial charge in [-0.25, -0.2) is 0 Å². The normalized spacial score (nSPS) is 10.5. The Hall–Kier alpha value is -3.95. The second kappa shape index (κ2) is 8.16. The summed E-state index contributed by atoms with van der Waals surface area (Å²) in [5, 5.41) is 21.3. The lowest BCUT2D eigenvalue weighted by molar-refractivity contribution is -0.899. The molecule has 0 N–H and O–H groups in total. The van der Waals surface area contributed by atoms with Crippen LogP contribution in [0.5, 0.6) is 0 Å². The average Bonchev–Trinajstić information content (AvgIpc) is 3.05. The van der Waals surface area contributed by atoms with Gasteiger partial charge in [0.2, 0.25) is 0 Å². The standard InChI is InChI=1S/C18H17N4O6/c1-14-19(27-12-15-2-6-17(7-3-15)21(23)24)10-11-20(14)28-13-16-4-8-18(9-5-16)22(25)26/h2-11H,12-13H2,1H3/q+1. The largest absolute Gasteiger partial charge is 0.332 e. The lowest BCUT2D eigenvalue weighted by atomic mass is 10.2. The molecule has 3 rings (SSSR count). The van der Waals surface area contributed by atoms with Crippen LogP contribution in [0.1, 0.15) is 17.0 Å². The molecule has 0 atom stereocenters. The Labute approximate surface area is 159 Å². The number of rotatable bonds is 8. The van der Waals surface area contributed by atoms with Gasteiger partial charge in [0.15, 0.2) is 25.6 Å². The van der Waals surface area contributed by atoms with Crippen LogP contribution in [0.25, 0.3) is 0 Å². The van der Waals surface area contributed by atoms with E-state index in [0.717, 1.165) is 11.1 Å². The minimum Gasteiger partial charge on any atom is -0.331 e. The molecule has 1 aromatic heterocycles.